The number of aryl methyl sites for hydroxylation is 1. The van der Waals surface area contributed by atoms with Crippen LogP contribution in [-0.2, 0) is 13.0 Å². The van der Waals surface area contributed by atoms with E-state index >= 15 is 0 Å². The van der Waals surface area contributed by atoms with Crippen LogP contribution in [0.3, 0.4) is 0 Å². The first kappa shape index (κ1) is 25.6. The third-order valence-corrected chi connectivity index (χ3v) is 6.91. The Labute approximate surface area is 205 Å². The van der Waals surface area contributed by atoms with Crippen molar-refractivity contribution in [3.05, 3.63) is 88.9 Å². The molecule has 0 aliphatic rings. The summed E-state index contributed by atoms with van der Waals surface area (Å²) < 4.78 is 5.94. The zero-order chi connectivity index (χ0) is 23.5. The highest BCUT2D eigenvalue weighted by Crippen LogP contribution is 2.33. The Morgan fingerprint density at radius 1 is 0.879 bits per heavy atom. The summed E-state index contributed by atoms with van der Waals surface area (Å²) in [5, 5.41) is 19.4. The van der Waals surface area contributed by atoms with Crippen molar-refractivity contribution in [2.75, 3.05) is 13.2 Å². The second-order valence-corrected chi connectivity index (χ2v) is 9.86. The molecule has 0 saturated carbocycles. The van der Waals surface area contributed by atoms with Gasteiger partial charge in [-0.1, -0.05) is 65.8 Å². The molecule has 4 nitrogen and oxygen atoms in total. The first-order valence-electron chi connectivity index (χ1n) is 11.2. The number of hydrogen-bond acceptors (Lipinski definition) is 5. The molecule has 1 atom stereocenters. The minimum absolute atomic E-state index is 0.0789. The molecule has 176 valence electrons. The molecule has 3 aromatic carbocycles. The van der Waals surface area contributed by atoms with Gasteiger partial charge in [0.1, 0.15) is 12.4 Å². The van der Waals surface area contributed by atoms with E-state index in [0.717, 1.165) is 44.5 Å². The van der Waals surface area contributed by atoms with Crippen molar-refractivity contribution in [3.63, 3.8) is 0 Å². The quantitative estimate of drug-likeness (QED) is 0.283. The SMILES string of the molecule is NC(CO)(CCCO)CCCc1ccc(Sc2cccc(OCc3ccccc3)c2)cc1Cl. The number of ether oxygens (including phenoxy) is 1. The molecule has 0 bridgehead atoms. The van der Waals surface area contributed by atoms with Crippen molar-refractivity contribution in [3.8, 4) is 5.75 Å². The average molecular weight is 486 g/mol. The molecule has 6 heteroatoms. The van der Waals surface area contributed by atoms with Crippen LogP contribution >= 0.6 is 23.4 Å². The van der Waals surface area contributed by atoms with Crippen LogP contribution in [0.1, 0.15) is 36.8 Å². The number of aliphatic hydroxyl groups excluding tert-OH is 2. The molecular formula is C27H32ClNO3S. The number of benzene rings is 3. The normalized spacial score (nSPS) is 13.0. The van der Waals surface area contributed by atoms with Gasteiger partial charge in [0.15, 0.2) is 0 Å². The molecule has 0 aliphatic carbocycles. The predicted octanol–water partition coefficient (Wildman–Crippen LogP) is 5.86. The standard InChI is InChI=1S/C27H32ClNO3S/c28-26-18-25(13-12-22(26)9-5-14-27(29,20-31)15-6-16-30)33-24-11-4-10-23(17-24)32-19-21-7-2-1-3-8-21/h1-4,7-8,10-13,17-18,30-31H,5-6,9,14-16,19-20,29H2. The third kappa shape index (κ3) is 8.36. The topological polar surface area (TPSA) is 75.7 Å². The average Bonchev–Trinajstić information content (AvgIpc) is 2.84. The molecule has 0 aromatic heterocycles. The van der Waals surface area contributed by atoms with Gasteiger partial charge in [-0.05, 0) is 73.6 Å². The maximum absolute atomic E-state index is 9.61. The fourth-order valence-corrected chi connectivity index (χ4v) is 4.89. The van der Waals surface area contributed by atoms with Crippen LogP contribution in [0.15, 0.2) is 82.6 Å². The minimum atomic E-state index is -0.640. The van der Waals surface area contributed by atoms with Crippen molar-refractivity contribution in [1.29, 1.82) is 0 Å². The lowest BCUT2D eigenvalue weighted by Crippen LogP contribution is -2.43. The molecule has 0 spiro atoms. The molecule has 0 aliphatic heterocycles. The first-order chi connectivity index (χ1) is 16.0. The van der Waals surface area contributed by atoms with Gasteiger partial charge in [-0.25, -0.2) is 0 Å². The number of rotatable bonds is 13. The summed E-state index contributed by atoms with van der Waals surface area (Å²) >= 11 is 8.21. The molecule has 0 fully saturated rings. The summed E-state index contributed by atoms with van der Waals surface area (Å²) in [6.07, 6.45) is 3.52. The predicted molar refractivity (Wildman–Crippen MR) is 136 cm³/mol. The molecular weight excluding hydrogens is 454 g/mol. The van der Waals surface area contributed by atoms with Gasteiger partial charge in [0, 0.05) is 27.0 Å². The Balaban J connectivity index is 1.54. The van der Waals surface area contributed by atoms with E-state index in [0.29, 0.717) is 25.9 Å². The van der Waals surface area contributed by atoms with Crippen molar-refractivity contribution in [2.24, 2.45) is 5.73 Å². The van der Waals surface area contributed by atoms with Gasteiger partial charge >= 0.3 is 0 Å². The lowest BCUT2D eigenvalue weighted by atomic mass is 9.89. The molecule has 1 unspecified atom stereocenters. The van der Waals surface area contributed by atoms with E-state index in [1.54, 1.807) is 11.8 Å². The molecule has 0 radical (unpaired) electrons. The van der Waals surface area contributed by atoms with Crippen molar-refractivity contribution >= 4 is 23.4 Å². The Morgan fingerprint density at radius 3 is 2.36 bits per heavy atom. The first-order valence-corrected chi connectivity index (χ1v) is 12.4. The lowest BCUT2D eigenvalue weighted by Gasteiger charge is -2.27. The molecule has 33 heavy (non-hydrogen) atoms. The van der Waals surface area contributed by atoms with Crippen molar-refractivity contribution < 1.29 is 14.9 Å². The maximum atomic E-state index is 9.61. The summed E-state index contributed by atoms with van der Waals surface area (Å²) in [6.45, 7) is 0.548. The summed E-state index contributed by atoms with van der Waals surface area (Å²) in [4.78, 5) is 2.15. The van der Waals surface area contributed by atoms with E-state index in [1.807, 2.05) is 42.5 Å². The Kier molecular flexibility index (Phi) is 10.1. The minimum Gasteiger partial charge on any atom is -0.489 e. The molecule has 0 amide bonds. The largest absolute Gasteiger partial charge is 0.489 e. The number of halogens is 1. The van der Waals surface area contributed by atoms with Crippen LogP contribution in [0.5, 0.6) is 5.75 Å². The molecule has 0 saturated heterocycles. The zero-order valence-electron chi connectivity index (χ0n) is 18.8. The number of aliphatic hydroxyl groups is 2. The highest BCUT2D eigenvalue weighted by molar-refractivity contribution is 7.99. The van der Waals surface area contributed by atoms with E-state index < -0.39 is 5.54 Å². The monoisotopic (exact) mass is 485 g/mol. The summed E-state index contributed by atoms with van der Waals surface area (Å²) in [5.41, 5.74) is 7.82. The smallest absolute Gasteiger partial charge is 0.120 e. The van der Waals surface area contributed by atoms with Crippen molar-refractivity contribution in [2.45, 2.75) is 54.0 Å². The highest BCUT2D eigenvalue weighted by Gasteiger charge is 2.23. The summed E-state index contributed by atoms with van der Waals surface area (Å²) in [6, 6.07) is 24.3. The number of nitrogens with two attached hydrogens (primary N) is 1. The van der Waals surface area contributed by atoms with Crippen LogP contribution in [0, 0.1) is 0 Å². The third-order valence-electron chi connectivity index (χ3n) is 5.58. The molecule has 3 aromatic rings. The Morgan fingerprint density at radius 2 is 1.64 bits per heavy atom. The fraction of sp³-hybridized carbons (Fsp3) is 0.333. The van der Waals surface area contributed by atoms with E-state index in [2.05, 4.69) is 30.3 Å². The second-order valence-electron chi connectivity index (χ2n) is 8.31. The van der Waals surface area contributed by atoms with Crippen LogP contribution < -0.4 is 10.5 Å². The lowest BCUT2D eigenvalue weighted by molar-refractivity contribution is 0.162. The Bertz CT molecular complexity index is 1000. The van der Waals surface area contributed by atoms with Gasteiger partial charge in [0.05, 0.1) is 6.61 Å². The number of hydrogen-bond donors (Lipinski definition) is 3. The summed E-state index contributed by atoms with van der Waals surface area (Å²) in [7, 11) is 0. The van der Waals surface area contributed by atoms with Crippen LogP contribution in [0.2, 0.25) is 5.02 Å². The maximum Gasteiger partial charge on any atom is 0.120 e. The van der Waals surface area contributed by atoms with E-state index in [9.17, 15) is 5.11 Å². The van der Waals surface area contributed by atoms with Gasteiger partial charge in [-0.15, -0.1) is 0 Å². The van der Waals surface area contributed by atoms with Crippen LogP contribution in [0.4, 0.5) is 0 Å². The zero-order valence-corrected chi connectivity index (χ0v) is 20.3. The summed E-state index contributed by atoms with van der Waals surface area (Å²) in [5.74, 6) is 0.835. The van der Waals surface area contributed by atoms with E-state index in [-0.39, 0.29) is 13.2 Å². The highest BCUT2D eigenvalue weighted by atomic mass is 35.5. The van der Waals surface area contributed by atoms with Gasteiger partial charge < -0.3 is 20.7 Å². The van der Waals surface area contributed by atoms with Gasteiger partial charge in [0.25, 0.3) is 0 Å². The van der Waals surface area contributed by atoms with Crippen LogP contribution in [-0.4, -0.2) is 29.0 Å². The fourth-order valence-electron chi connectivity index (χ4n) is 3.64. The Hall–Kier alpha value is -2.02. The second kappa shape index (κ2) is 13.0. The van der Waals surface area contributed by atoms with Gasteiger partial charge in [-0.2, -0.15) is 0 Å². The van der Waals surface area contributed by atoms with Gasteiger partial charge in [0.2, 0.25) is 0 Å². The molecule has 4 N–H and O–H groups in total. The van der Waals surface area contributed by atoms with Crippen LogP contribution in [0.25, 0.3) is 0 Å². The van der Waals surface area contributed by atoms with Gasteiger partial charge in [-0.3, -0.25) is 0 Å². The molecule has 0 heterocycles. The van der Waals surface area contributed by atoms with E-state index in [4.69, 9.17) is 27.2 Å². The van der Waals surface area contributed by atoms with E-state index in [1.165, 1.54) is 0 Å². The van der Waals surface area contributed by atoms with Crippen molar-refractivity contribution in [1.82, 2.24) is 0 Å². The molecule has 3 rings (SSSR count).